The van der Waals surface area contributed by atoms with Crippen LogP contribution in [0, 0.1) is 5.92 Å². The van der Waals surface area contributed by atoms with Crippen molar-refractivity contribution < 1.29 is 0 Å². The molecule has 0 saturated heterocycles. The van der Waals surface area contributed by atoms with Gasteiger partial charge in [0.1, 0.15) is 5.84 Å². The van der Waals surface area contributed by atoms with Gasteiger partial charge in [0.15, 0.2) is 0 Å². The van der Waals surface area contributed by atoms with Crippen LogP contribution < -0.4 is 5.32 Å². The van der Waals surface area contributed by atoms with E-state index in [1.165, 1.54) is 0 Å². The van der Waals surface area contributed by atoms with E-state index in [9.17, 15) is 0 Å². The normalized spacial score (nSPS) is 23.7. The van der Waals surface area contributed by atoms with Gasteiger partial charge in [0.2, 0.25) is 0 Å². The van der Waals surface area contributed by atoms with Crippen LogP contribution in [0.4, 0.5) is 0 Å². The van der Waals surface area contributed by atoms with Gasteiger partial charge in [-0.25, -0.2) is 4.99 Å². The van der Waals surface area contributed by atoms with Crippen LogP contribution in [0.5, 0.6) is 0 Å². The Hall–Kier alpha value is -1.05. The fourth-order valence-corrected chi connectivity index (χ4v) is 0.920. The van der Waals surface area contributed by atoms with Crippen LogP contribution in [0.3, 0.4) is 0 Å². The SMILES string of the molecule is C=CNC1=NC=CC(C)C1. The summed E-state index contributed by atoms with van der Waals surface area (Å²) in [5.41, 5.74) is 0. The molecule has 0 fully saturated rings. The largest absolute Gasteiger partial charge is 0.351 e. The molecule has 2 heteroatoms. The number of amidine groups is 1. The third-order valence-electron chi connectivity index (χ3n) is 1.43. The Kier molecular flexibility index (Phi) is 2.26. The summed E-state index contributed by atoms with van der Waals surface area (Å²) in [5.74, 6) is 1.60. The monoisotopic (exact) mass is 136 g/mol. The summed E-state index contributed by atoms with van der Waals surface area (Å²) < 4.78 is 0. The van der Waals surface area contributed by atoms with Crippen LogP contribution in [0.1, 0.15) is 13.3 Å². The van der Waals surface area contributed by atoms with Gasteiger partial charge in [-0.05, 0) is 12.1 Å². The molecule has 1 heterocycles. The lowest BCUT2D eigenvalue weighted by Crippen LogP contribution is -2.20. The zero-order chi connectivity index (χ0) is 7.40. The zero-order valence-corrected chi connectivity index (χ0v) is 6.17. The van der Waals surface area contributed by atoms with E-state index in [2.05, 4.69) is 29.9 Å². The molecule has 1 atom stereocenters. The fraction of sp³-hybridized carbons (Fsp3) is 0.375. The van der Waals surface area contributed by atoms with E-state index >= 15 is 0 Å². The quantitative estimate of drug-likeness (QED) is 0.582. The van der Waals surface area contributed by atoms with Crippen molar-refractivity contribution in [3.63, 3.8) is 0 Å². The molecule has 0 spiro atoms. The summed E-state index contributed by atoms with van der Waals surface area (Å²) >= 11 is 0. The number of allylic oxidation sites excluding steroid dienone is 1. The Bertz CT molecular complexity index is 180. The Morgan fingerprint density at radius 3 is 3.30 bits per heavy atom. The number of aliphatic imine (C=N–C) groups is 1. The van der Waals surface area contributed by atoms with Crippen molar-refractivity contribution in [3.05, 3.63) is 25.1 Å². The first-order valence-electron chi connectivity index (χ1n) is 3.43. The second-order valence-electron chi connectivity index (χ2n) is 2.45. The van der Waals surface area contributed by atoms with E-state index in [-0.39, 0.29) is 0 Å². The predicted molar refractivity (Wildman–Crippen MR) is 43.7 cm³/mol. The van der Waals surface area contributed by atoms with Gasteiger partial charge in [-0.15, -0.1) is 0 Å². The van der Waals surface area contributed by atoms with E-state index in [4.69, 9.17) is 0 Å². The second-order valence-corrected chi connectivity index (χ2v) is 2.45. The minimum atomic E-state index is 0.597. The number of rotatable bonds is 1. The molecule has 0 radical (unpaired) electrons. The molecule has 1 N–H and O–H groups in total. The molecule has 0 saturated carbocycles. The zero-order valence-electron chi connectivity index (χ0n) is 6.17. The second kappa shape index (κ2) is 3.20. The number of hydrogen-bond acceptors (Lipinski definition) is 2. The molecule has 2 nitrogen and oxygen atoms in total. The topological polar surface area (TPSA) is 24.4 Å². The maximum Gasteiger partial charge on any atom is 0.106 e. The van der Waals surface area contributed by atoms with Crippen molar-refractivity contribution in [2.45, 2.75) is 13.3 Å². The average Bonchev–Trinajstić information content (AvgIpc) is 1.88. The highest BCUT2D eigenvalue weighted by Crippen LogP contribution is 2.08. The summed E-state index contributed by atoms with van der Waals surface area (Å²) in [5, 5.41) is 2.98. The van der Waals surface area contributed by atoms with Gasteiger partial charge in [0, 0.05) is 12.6 Å². The Labute approximate surface area is 61.4 Å². The molecular weight excluding hydrogens is 124 g/mol. The highest BCUT2D eigenvalue weighted by atomic mass is 15.0. The third-order valence-corrected chi connectivity index (χ3v) is 1.43. The lowest BCUT2D eigenvalue weighted by atomic mass is 10.1. The summed E-state index contributed by atoms with van der Waals surface area (Å²) in [6.07, 6.45) is 6.57. The van der Waals surface area contributed by atoms with Gasteiger partial charge < -0.3 is 5.32 Å². The van der Waals surface area contributed by atoms with Gasteiger partial charge in [-0.1, -0.05) is 19.6 Å². The minimum Gasteiger partial charge on any atom is -0.351 e. The van der Waals surface area contributed by atoms with E-state index < -0.39 is 0 Å². The number of hydrogen-bond donors (Lipinski definition) is 1. The molecule has 0 aromatic carbocycles. The van der Waals surface area contributed by atoms with Gasteiger partial charge in [-0.2, -0.15) is 0 Å². The molecule has 54 valence electrons. The molecule has 1 aliphatic heterocycles. The molecular formula is C8H12N2. The number of nitrogens with zero attached hydrogens (tertiary/aromatic N) is 1. The lowest BCUT2D eigenvalue weighted by molar-refractivity contribution is 0.742. The Morgan fingerprint density at radius 1 is 1.90 bits per heavy atom. The summed E-state index contributed by atoms with van der Waals surface area (Å²) in [4.78, 5) is 4.12. The van der Waals surface area contributed by atoms with E-state index in [1.807, 2.05) is 6.20 Å². The molecule has 1 rings (SSSR count). The van der Waals surface area contributed by atoms with Crippen molar-refractivity contribution >= 4 is 5.84 Å². The van der Waals surface area contributed by atoms with Crippen molar-refractivity contribution in [1.29, 1.82) is 0 Å². The molecule has 0 aliphatic carbocycles. The standard InChI is InChI=1S/C8H12N2/c1-3-9-8-6-7(2)4-5-10-8/h3-5,7H,1,6H2,2H3,(H,9,10). The smallest absolute Gasteiger partial charge is 0.106 e. The summed E-state index contributed by atoms with van der Waals surface area (Å²) in [6, 6.07) is 0. The maximum atomic E-state index is 4.12. The van der Waals surface area contributed by atoms with Gasteiger partial charge in [0.25, 0.3) is 0 Å². The van der Waals surface area contributed by atoms with Crippen LogP contribution >= 0.6 is 0 Å². The summed E-state index contributed by atoms with van der Waals surface area (Å²) in [6.45, 7) is 5.73. The van der Waals surface area contributed by atoms with Crippen LogP contribution in [-0.2, 0) is 0 Å². The lowest BCUT2D eigenvalue weighted by Gasteiger charge is -2.11. The predicted octanol–water partition coefficient (Wildman–Crippen LogP) is 1.67. The van der Waals surface area contributed by atoms with E-state index in [0.717, 1.165) is 12.3 Å². The van der Waals surface area contributed by atoms with Crippen molar-refractivity contribution in [3.8, 4) is 0 Å². The van der Waals surface area contributed by atoms with Crippen molar-refractivity contribution in [2.24, 2.45) is 10.9 Å². The molecule has 0 amide bonds. The van der Waals surface area contributed by atoms with Gasteiger partial charge in [-0.3, -0.25) is 0 Å². The number of nitrogens with one attached hydrogen (secondary N) is 1. The first-order chi connectivity index (χ1) is 4.83. The fourth-order valence-electron chi connectivity index (χ4n) is 0.920. The third kappa shape index (κ3) is 1.72. The first kappa shape index (κ1) is 7.06. The highest BCUT2D eigenvalue weighted by molar-refractivity contribution is 5.84. The van der Waals surface area contributed by atoms with Gasteiger partial charge >= 0.3 is 0 Å². The average molecular weight is 136 g/mol. The molecule has 0 aromatic rings. The molecule has 1 aliphatic rings. The first-order valence-corrected chi connectivity index (χ1v) is 3.43. The molecule has 10 heavy (non-hydrogen) atoms. The van der Waals surface area contributed by atoms with Crippen LogP contribution in [0.2, 0.25) is 0 Å². The molecule has 0 bridgehead atoms. The Balaban J connectivity index is 2.52. The van der Waals surface area contributed by atoms with Crippen LogP contribution in [0.25, 0.3) is 0 Å². The van der Waals surface area contributed by atoms with Crippen molar-refractivity contribution in [1.82, 2.24) is 5.32 Å². The van der Waals surface area contributed by atoms with Crippen LogP contribution in [0.15, 0.2) is 30.0 Å². The minimum absolute atomic E-state index is 0.597. The summed E-state index contributed by atoms with van der Waals surface area (Å²) in [7, 11) is 0. The Morgan fingerprint density at radius 2 is 2.70 bits per heavy atom. The van der Waals surface area contributed by atoms with E-state index in [1.54, 1.807) is 6.20 Å². The van der Waals surface area contributed by atoms with E-state index in [0.29, 0.717) is 5.92 Å². The van der Waals surface area contributed by atoms with Crippen molar-refractivity contribution in [2.75, 3.05) is 0 Å². The maximum absolute atomic E-state index is 4.12. The molecule has 0 aromatic heterocycles. The highest BCUT2D eigenvalue weighted by Gasteiger charge is 2.05. The molecule has 1 unspecified atom stereocenters. The van der Waals surface area contributed by atoms with Gasteiger partial charge in [0.05, 0.1) is 0 Å². The van der Waals surface area contributed by atoms with Crippen LogP contribution in [-0.4, -0.2) is 5.84 Å².